The molecule has 2 heterocycles. The van der Waals surface area contributed by atoms with E-state index in [-0.39, 0.29) is 0 Å². The number of benzene rings is 1. The summed E-state index contributed by atoms with van der Waals surface area (Å²) in [7, 11) is 0. The van der Waals surface area contributed by atoms with Crippen LogP contribution in [-0.4, -0.2) is 9.97 Å². The van der Waals surface area contributed by atoms with E-state index in [2.05, 4.69) is 20.6 Å². The minimum Gasteiger partial charge on any atom is -0.467 e. The van der Waals surface area contributed by atoms with Gasteiger partial charge in [0.1, 0.15) is 11.6 Å². The van der Waals surface area contributed by atoms with Crippen molar-refractivity contribution in [3.63, 3.8) is 0 Å². The quantitative estimate of drug-likeness (QED) is 0.706. The molecule has 0 aliphatic heterocycles. The third-order valence-electron chi connectivity index (χ3n) is 2.85. The number of nitrogens with zero attached hydrogens (tertiary/aromatic N) is 2. The summed E-state index contributed by atoms with van der Waals surface area (Å²) in [6.07, 6.45) is 3.27. The summed E-state index contributed by atoms with van der Waals surface area (Å²) in [5, 5.41) is 7.36. The Bertz CT molecular complexity index is 762. The van der Waals surface area contributed by atoms with Crippen LogP contribution in [0.4, 0.5) is 17.5 Å². The minimum atomic E-state index is 0.486. The Kier molecular flexibility index (Phi) is 4.46. The smallest absolute Gasteiger partial charge is 0.224 e. The first-order valence-corrected chi connectivity index (χ1v) is 7.28. The zero-order valence-corrected chi connectivity index (χ0v) is 12.9. The lowest BCUT2D eigenvalue weighted by molar-refractivity contribution is 0.517. The van der Waals surface area contributed by atoms with Gasteiger partial charge in [-0.3, -0.25) is 0 Å². The Morgan fingerprint density at radius 1 is 1.14 bits per heavy atom. The first-order valence-electron chi connectivity index (χ1n) is 6.52. The van der Waals surface area contributed by atoms with Gasteiger partial charge in [-0.15, -0.1) is 0 Å². The second-order valence-electron chi connectivity index (χ2n) is 4.45. The summed E-state index contributed by atoms with van der Waals surface area (Å²) in [5.74, 6) is 1.90. The Labute approximate surface area is 137 Å². The topological polar surface area (TPSA) is 63.0 Å². The first-order chi connectivity index (χ1) is 10.7. The highest BCUT2D eigenvalue weighted by molar-refractivity contribution is 6.35. The van der Waals surface area contributed by atoms with Crippen molar-refractivity contribution < 1.29 is 4.42 Å². The molecule has 0 unspecified atom stereocenters. The molecule has 0 saturated heterocycles. The Balaban J connectivity index is 1.72. The van der Waals surface area contributed by atoms with Gasteiger partial charge >= 0.3 is 0 Å². The van der Waals surface area contributed by atoms with E-state index in [1.807, 2.05) is 12.1 Å². The molecule has 0 radical (unpaired) electrons. The maximum Gasteiger partial charge on any atom is 0.224 e. The molecule has 3 aromatic rings. The normalized spacial score (nSPS) is 10.5. The van der Waals surface area contributed by atoms with E-state index < -0.39 is 0 Å². The lowest BCUT2D eigenvalue weighted by Gasteiger charge is -2.09. The lowest BCUT2D eigenvalue weighted by atomic mass is 10.3. The number of aromatic nitrogens is 2. The highest BCUT2D eigenvalue weighted by Gasteiger charge is 2.05. The predicted octanol–water partition coefficient (Wildman–Crippen LogP) is 4.73. The standard InChI is InChI=1S/C15H12Cl2N4O/c16-10-3-4-12(17)13(8-10)20-14-5-6-18-15(21-14)19-9-11-2-1-7-22-11/h1-8H,9H2,(H2,18,19,20,21). The second-order valence-corrected chi connectivity index (χ2v) is 5.29. The van der Waals surface area contributed by atoms with Crippen LogP contribution in [0, 0.1) is 0 Å². The number of halogens is 2. The van der Waals surface area contributed by atoms with Crippen molar-refractivity contribution in [2.45, 2.75) is 6.54 Å². The van der Waals surface area contributed by atoms with Crippen molar-refractivity contribution in [3.8, 4) is 0 Å². The molecule has 2 N–H and O–H groups in total. The molecular weight excluding hydrogens is 323 g/mol. The minimum absolute atomic E-state index is 0.486. The average molecular weight is 335 g/mol. The molecule has 0 aliphatic carbocycles. The summed E-state index contributed by atoms with van der Waals surface area (Å²) in [6.45, 7) is 0.508. The number of nitrogens with one attached hydrogen (secondary N) is 2. The van der Waals surface area contributed by atoms with Crippen molar-refractivity contribution in [2.24, 2.45) is 0 Å². The lowest BCUT2D eigenvalue weighted by Crippen LogP contribution is -2.04. The fourth-order valence-electron chi connectivity index (χ4n) is 1.82. The first kappa shape index (κ1) is 14.7. The number of hydrogen-bond acceptors (Lipinski definition) is 5. The molecule has 22 heavy (non-hydrogen) atoms. The third kappa shape index (κ3) is 3.69. The molecule has 0 atom stereocenters. The van der Waals surface area contributed by atoms with Gasteiger partial charge in [0.15, 0.2) is 0 Å². The summed E-state index contributed by atoms with van der Waals surface area (Å²) < 4.78 is 5.24. The molecule has 3 rings (SSSR count). The van der Waals surface area contributed by atoms with Crippen molar-refractivity contribution in [2.75, 3.05) is 10.6 Å². The van der Waals surface area contributed by atoms with Gasteiger partial charge in [0.05, 0.1) is 23.5 Å². The van der Waals surface area contributed by atoms with Crippen LogP contribution in [0.2, 0.25) is 10.0 Å². The van der Waals surface area contributed by atoms with Gasteiger partial charge in [0, 0.05) is 11.2 Å². The molecule has 1 aromatic carbocycles. The predicted molar refractivity (Wildman–Crippen MR) is 87.8 cm³/mol. The van der Waals surface area contributed by atoms with E-state index in [9.17, 15) is 0 Å². The molecule has 2 aromatic heterocycles. The summed E-state index contributed by atoms with van der Waals surface area (Å²) in [4.78, 5) is 8.52. The summed E-state index contributed by atoms with van der Waals surface area (Å²) in [5.41, 5.74) is 0.685. The van der Waals surface area contributed by atoms with E-state index in [0.29, 0.717) is 34.0 Å². The summed E-state index contributed by atoms with van der Waals surface area (Å²) >= 11 is 12.1. The molecule has 0 saturated carbocycles. The Hall–Kier alpha value is -2.24. The molecule has 112 valence electrons. The highest BCUT2D eigenvalue weighted by Crippen LogP contribution is 2.27. The van der Waals surface area contributed by atoms with E-state index in [1.54, 1.807) is 36.7 Å². The SMILES string of the molecule is Clc1ccc(Cl)c(Nc2ccnc(NCc3ccco3)n2)c1. The molecule has 0 amide bonds. The van der Waals surface area contributed by atoms with E-state index >= 15 is 0 Å². The third-order valence-corrected chi connectivity index (χ3v) is 3.41. The Morgan fingerprint density at radius 3 is 2.86 bits per heavy atom. The van der Waals surface area contributed by atoms with Crippen LogP contribution in [0.15, 0.2) is 53.3 Å². The van der Waals surface area contributed by atoms with Gasteiger partial charge in [-0.05, 0) is 36.4 Å². The molecule has 0 aliphatic rings. The molecule has 7 heteroatoms. The highest BCUT2D eigenvalue weighted by atomic mass is 35.5. The van der Waals surface area contributed by atoms with Crippen molar-refractivity contribution >= 4 is 40.7 Å². The van der Waals surface area contributed by atoms with Gasteiger partial charge in [0.25, 0.3) is 0 Å². The van der Waals surface area contributed by atoms with Crippen molar-refractivity contribution in [1.82, 2.24) is 9.97 Å². The zero-order chi connectivity index (χ0) is 15.4. The largest absolute Gasteiger partial charge is 0.467 e. The number of furan rings is 1. The molecule has 0 bridgehead atoms. The van der Waals surface area contributed by atoms with E-state index in [4.69, 9.17) is 27.6 Å². The van der Waals surface area contributed by atoms with Crippen LogP contribution >= 0.6 is 23.2 Å². The molecule has 5 nitrogen and oxygen atoms in total. The molecular formula is C15H12Cl2N4O. The number of rotatable bonds is 5. The van der Waals surface area contributed by atoms with Crippen LogP contribution in [0.3, 0.4) is 0 Å². The van der Waals surface area contributed by atoms with Crippen LogP contribution < -0.4 is 10.6 Å². The fourth-order valence-corrected chi connectivity index (χ4v) is 2.16. The maximum atomic E-state index is 6.12. The number of anilines is 3. The monoisotopic (exact) mass is 334 g/mol. The second kappa shape index (κ2) is 6.68. The zero-order valence-electron chi connectivity index (χ0n) is 11.4. The van der Waals surface area contributed by atoms with Crippen molar-refractivity contribution in [1.29, 1.82) is 0 Å². The molecule has 0 spiro atoms. The Morgan fingerprint density at radius 2 is 2.05 bits per heavy atom. The summed E-state index contributed by atoms with van der Waals surface area (Å²) in [6, 6.07) is 10.6. The van der Waals surface area contributed by atoms with Crippen LogP contribution in [0.5, 0.6) is 0 Å². The van der Waals surface area contributed by atoms with Crippen LogP contribution in [-0.2, 0) is 6.54 Å². The van der Waals surface area contributed by atoms with Gasteiger partial charge in [-0.1, -0.05) is 23.2 Å². The van der Waals surface area contributed by atoms with E-state index in [0.717, 1.165) is 5.76 Å². The van der Waals surface area contributed by atoms with Gasteiger partial charge in [0.2, 0.25) is 5.95 Å². The maximum absolute atomic E-state index is 6.12. The fraction of sp³-hybridized carbons (Fsp3) is 0.0667. The van der Waals surface area contributed by atoms with Crippen LogP contribution in [0.25, 0.3) is 0 Å². The van der Waals surface area contributed by atoms with Crippen LogP contribution in [0.1, 0.15) is 5.76 Å². The molecule has 0 fully saturated rings. The van der Waals surface area contributed by atoms with Crippen molar-refractivity contribution in [3.05, 3.63) is 64.7 Å². The van der Waals surface area contributed by atoms with Gasteiger partial charge in [-0.2, -0.15) is 4.98 Å². The average Bonchev–Trinajstić information content (AvgIpc) is 3.03. The van der Waals surface area contributed by atoms with Gasteiger partial charge < -0.3 is 15.1 Å². The number of hydrogen-bond donors (Lipinski definition) is 2. The van der Waals surface area contributed by atoms with E-state index in [1.165, 1.54) is 0 Å². The van der Waals surface area contributed by atoms with Gasteiger partial charge in [-0.25, -0.2) is 4.98 Å².